The molecule has 0 aromatic heterocycles. The minimum Gasteiger partial charge on any atom is -0.484 e. The molecule has 2 amide bonds. The molecule has 1 aromatic rings. The number of carboxylic acid groups (broad SMARTS) is 1. The maximum Gasteiger partial charge on any atom is 0.327 e. The molecule has 0 spiro atoms. The first-order chi connectivity index (χ1) is 11.3. The van der Waals surface area contributed by atoms with E-state index in [0.717, 1.165) is 0 Å². The van der Waals surface area contributed by atoms with Gasteiger partial charge in [0.05, 0.1) is 0 Å². The number of carbonyl (C=O) groups is 3. The minimum atomic E-state index is -1.03. The molecule has 1 aromatic carbocycles. The summed E-state index contributed by atoms with van der Waals surface area (Å²) >= 11 is 1.39. The van der Waals surface area contributed by atoms with E-state index in [2.05, 4.69) is 5.32 Å². The van der Waals surface area contributed by atoms with Gasteiger partial charge in [0.2, 0.25) is 5.91 Å². The van der Waals surface area contributed by atoms with Crippen LogP contribution in [0.25, 0.3) is 0 Å². The Hall–Kier alpha value is -2.22. The SMILES string of the molecule is CC1(C)S[C@H]2[C@@H](NC(=O)COc3ccccc3)C(=O)N2[C@@H]1C(=O)O. The van der Waals surface area contributed by atoms with Crippen LogP contribution in [0.3, 0.4) is 0 Å². The van der Waals surface area contributed by atoms with Gasteiger partial charge < -0.3 is 20.1 Å². The van der Waals surface area contributed by atoms with Crippen molar-refractivity contribution in [1.82, 2.24) is 10.2 Å². The van der Waals surface area contributed by atoms with Crippen LogP contribution >= 0.6 is 11.8 Å². The van der Waals surface area contributed by atoms with Crippen LogP contribution in [0, 0.1) is 0 Å². The molecule has 2 fully saturated rings. The number of aliphatic carboxylic acids is 1. The third-order valence-electron chi connectivity index (χ3n) is 4.10. The first-order valence-electron chi connectivity index (χ1n) is 7.51. The lowest BCUT2D eigenvalue weighted by molar-refractivity contribution is -0.161. The Morgan fingerprint density at radius 2 is 2.00 bits per heavy atom. The Labute approximate surface area is 143 Å². The molecule has 2 saturated heterocycles. The number of carboxylic acids is 1. The number of carbonyl (C=O) groups excluding carboxylic acids is 2. The lowest BCUT2D eigenvalue weighted by Crippen LogP contribution is -2.70. The molecule has 3 atom stereocenters. The number of hydrogen-bond donors (Lipinski definition) is 2. The molecular weight excluding hydrogens is 332 g/mol. The summed E-state index contributed by atoms with van der Waals surface area (Å²) < 4.78 is 4.74. The molecule has 0 aliphatic carbocycles. The second-order valence-corrected chi connectivity index (χ2v) is 8.02. The van der Waals surface area contributed by atoms with Crippen molar-refractivity contribution in [3.8, 4) is 5.75 Å². The van der Waals surface area contributed by atoms with E-state index in [1.807, 2.05) is 6.07 Å². The first kappa shape index (κ1) is 16.6. The third-order valence-corrected chi connectivity index (χ3v) is 5.68. The Kier molecular flexibility index (Phi) is 4.16. The van der Waals surface area contributed by atoms with Gasteiger partial charge in [0.15, 0.2) is 6.61 Å². The molecule has 2 aliphatic heterocycles. The summed E-state index contributed by atoms with van der Waals surface area (Å²) in [6, 6.07) is 7.31. The van der Waals surface area contributed by atoms with E-state index in [1.54, 1.807) is 38.1 Å². The van der Waals surface area contributed by atoms with Crippen molar-refractivity contribution < 1.29 is 24.2 Å². The molecule has 2 N–H and O–H groups in total. The van der Waals surface area contributed by atoms with Crippen molar-refractivity contribution in [3.05, 3.63) is 30.3 Å². The standard InChI is InChI=1S/C16H18N2O5S/c1-16(2)12(15(21)22)18-13(20)11(14(18)24-16)17-10(19)8-23-9-6-4-3-5-7-9/h3-7,11-12,14H,8H2,1-2H3,(H,17,19)(H,21,22)/t11-,12+,14-/m0/s1. The van der Waals surface area contributed by atoms with E-state index >= 15 is 0 Å². The number of para-hydroxylation sites is 1. The number of β-lactam (4-membered cyclic amide) rings is 1. The van der Waals surface area contributed by atoms with Crippen LogP contribution in [-0.4, -0.2) is 56.6 Å². The molecular formula is C16H18N2O5S. The second kappa shape index (κ2) is 6.01. The van der Waals surface area contributed by atoms with Crippen LogP contribution < -0.4 is 10.1 Å². The fourth-order valence-electron chi connectivity index (χ4n) is 3.03. The van der Waals surface area contributed by atoms with Gasteiger partial charge in [-0.3, -0.25) is 9.59 Å². The molecule has 8 heteroatoms. The largest absolute Gasteiger partial charge is 0.484 e. The summed E-state index contributed by atoms with van der Waals surface area (Å²) in [6.45, 7) is 3.38. The van der Waals surface area contributed by atoms with Gasteiger partial charge in [0.1, 0.15) is 23.2 Å². The van der Waals surface area contributed by atoms with Gasteiger partial charge in [-0.25, -0.2) is 4.79 Å². The Balaban J connectivity index is 1.59. The van der Waals surface area contributed by atoms with Gasteiger partial charge in [0, 0.05) is 4.75 Å². The van der Waals surface area contributed by atoms with E-state index in [4.69, 9.17) is 4.74 Å². The Morgan fingerprint density at radius 3 is 2.62 bits per heavy atom. The maximum absolute atomic E-state index is 12.2. The summed E-state index contributed by atoms with van der Waals surface area (Å²) in [5.74, 6) is -1.23. The third kappa shape index (κ3) is 2.82. The quantitative estimate of drug-likeness (QED) is 0.759. The van der Waals surface area contributed by atoms with Gasteiger partial charge in [-0.15, -0.1) is 11.8 Å². The molecule has 0 radical (unpaired) electrons. The predicted molar refractivity (Wildman–Crippen MR) is 87.6 cm³/mol. The number of nitrogens with one attached hydrogen (secondary N) is 1. The van der Waals surface area contributed by atoms with Crippen molar-refractivity contribution in [2.24, 2.45) is 0 Å². The lowest BCUT2D eigenvalue weighted by Gasteiger charge is -2.43. The van der Waals surface area contributed by atoms with E-state index in [9.17, 15) is 19.5 Å². The zero-order chi connectivity index (χ0) is 17.5. The van der Waals surface area contributed by atoms with E-state index in [1.165, 1.54) is 16.7 Å². The highest BCUT2D eigenvalue weighted by molar-refractivity contribution is 8.01. The molecule has 0 saturated carbocycles. The fourth-order valence-corrected chi connectivity index (χ4v) is 4.65. The molecule has 0 bridgehead atoms. The Bertz CT molecular complexity index is 678. The van der Waals surface area contributed by atoms with Crippen molar-refractivity contribution in [3.63, 3.8) is 0 Å². The molecule has 3 rings (SSSR count). The van der Waals surface area contributed by atoms with Crippen LogP contribution in [0.15, 0.2) is 30.3 Å². The van der Waals surface area contributed by atoms with Crippen LogP contribution in [0.1, 0.15) is 13.8 Å². The highest BCUT2D eigenvalue weighted by Crippen LogP contribution is 2.50. The molecule has 2 heterocycles. The highest BCUT2D eigenvalue weighted by Gasteiger charge is 2.64. The summed E-state index contributed by atoms with van der Waals surface area (Å²) in [5.41, 5.74) is 0. The van der Waals surface area contributed by atoms with Crippen LogP contribution in [0.4, 0.5) is 0 Å². The van der Waals surface area contributed by atoms with E-state index < -0.39 is 28.7 Å². The number of amides is 2. The van der Waals surface area contributed by atoms with Crippen molar-refractivity contribution in [1.29, 1.82) is 0 Å². The zero-order valence-corrected chi connectivity index (χ0v) is 14.1. The maximum atomic E-state index is 12.2. The predicted octanol–water partition coefficient (Wildman–Crippen LogP) is 0.697. The number of hydrogen-bond acceptors (Lipinski definition) is 5. The first-order valence-corrected chi connectivity index (χ1v) is 8.39. The molecule has 128 valence electrons. The second-order valence-electron chi connectivity index (χ2n) is 6.25. The molecule has 2 aliphatic rings. The minimum absolute atomic E-state index is 0.197. The van der Waals surface area contributed by atoms with Crippen molar-refractivity contribution in [2.75, 3.05) is 6.61 Å². The summed E-state index contributed by atoms with van der Waals surface area (Å²) in [4.78, 5) is 37.0. The fraction of sp³-hybridized carbons (Fsp3) is 0.438. The highest BCUT2D eigenvalue weighted by atomic mass is 32.2. The Morgan fingerprint density at radius 1 is 1.33 bits per heavy atom. The van der Waals surface area contributed by atoms with Crippen molar-refractivity contribution >= 4 is 29.5 Å². The summed E-state index contributed by atoms with van der Waals surface area (Å²) in [5, 5.41) is 11.6. The van der Waals surface area contributed by atoms with Gasteiger partial charge in [0.25, 0.3) is 5.91 Å². The van der Waals surface area contributed by atoms with Gasteiger partial charge in [-0.2, -0.15) is 0 Å². The molecule has 7 nitrogen and oxygen atoms in total. The number of nitrogens with zero attached hydrogens (tertiary/aromatic N) is 1. The normalized spacial score (nSPS) is 27.2. The number of rotatable bonds is 5. The number of fused-ring (bicyclic) bond motifs is 1. The smallest absolute Gasteiger partial charge is 0.327 e. The number of benzene rings is 1. The molecule has 0 unspecified atom stereocenters. The number of thioether (sulfide) groups is 1. The average molecular weight is 350 g/mol. The lowest BCUT2D eigenvalue weighted by atomic mass is 9.96. The van der Waals surface area contributed by atoms with Gasteiger partial charge in [-0.05, 0) is 26.0 Å². The molecule has 24 heavy (non-hydrogen) atoms. The van der Waals surface area contributed by atoms with Crippen LogP contribution in [0.5, 0.6) is 5.75 Å². The van der Waals surface area contributed by atoms with Crippen molar-refractivity contribution in [2.45, 2.75) is 36.1 Å². The van der Waals surface area contributed by atoms with E-state index in [0.29, 0.717) is 5.75 Å². The number of ether oxygens (including phenoxy) is 1. The topological polar surface area (TPSA) is 95.9 Å². The van der Waals surface area contributed by atoms with E-state index in [-0.39, 0.29) is 17.9 Å². The summed E-state index contributed by atoms with van der Waals surface area (Å²) in [6.07, 6.45) is 0. The zero-order valence-electron chi connectivity index (χ0n) is 13.3. The summed E-state index contributed by atoms with van der Waals surface area (Å²) in [7, 11) is 0. The van der Waals surface area contributed by atoms with Crippen LogP contribution in [-0.2, 0) is 14.4 Å². The monoisotopic (exact) mass is 350 g/mol. The van der Waals surface area contributed by atoms with Gasteiger partial charge >= 0.3 is 5.97 Å². The van der Waals surface area contributed by atoms with Crippen LogP contribution in [0.2, 0.25) is 0 Å². The van der Waals surface area contributed by atoms with Gasteiger partial charge in [-0.1, -0.05) is 18.2 Å². The average Bonchev–Trinajstić information content (AvgIpc) is 2.80.